The Morgan fingerprint density at radius 3 is 1.28 bits per heavy atom. The quantitative estimate of drug-likeness (QED) is 0.0901. The number of benzene rings is 4. The lowest BCUT2D eigenvalue weighted by Gasteiger charge is -2.04. The minimum atomic E-state index is 0.955. The van der Waals surface area contributed by atoms with Crippen LogP contribution in [-0.4, -0.2) is 12.4 Å². The second kappa shape index (κ2) is 16.2. The molecule has 2 nitrogen and oxygen atoms in total. The summed E-state index contributed by atoms with van der Waals surface area (Å²) in [5, 5.41) is 0. The van der Waals surface area contributed by atoms with Crippen molar-refractivity contribution in [2.24, 2.45) is 9.98 Å². The molecular formula is C40H36N2S4. The van der Waals surface area contributed by atoms with Gasteiger partial charge in [0.1, 0.15) is 0 Å². The summed E-state index contributed by atoms with van der Waals surface area (Å²) in [6.45, 7) is 4.43. The van der Waals surface area contributed by atoms with E-state index in [2.05, 4.69) is 135 Å². The van der Waals surface area contributed by atoms with Crippen LogP contribution in [0, 0.1) is 0 Å². The van der Waals surface area contributed by atoms with Crippen molar-refractivity contribution in [3.8, 4) is 11.1 Å². The van der Waals surface area contributed by atoms with E-state index in [-0.39, 0.29) is 0 Å². The zero-order valence-electron chi connectivity index (χ0n) is 26.1. The molecule has 6 aromatic rings. The van der Waals surface area contributed by atoms with Gasteiger partial charge in [0.2, 0.25) is 0 Å². The molecule has 6 heteroatoms. The van der Waals surface area contributed by atoms with Crippen molar-refractivity contribution in [1.82, 2.24) is 0 Å². The average Bonchev–Trinajstić information content (AvgIpc) is 3.72. The Morgan fingerprint density at radius 2 is 0.913 bits per heavy atom. The first-order valence-corrected chi connectivity index (χ1v) is 19.1. The Hall–Kier alpha value is -3.68. The molecular weight excluding hydrogens is 637 g/mol. The van der Waals surface area contributed by atoms with Crippen molar-refractivity contribution < 1.29 is 0 Å². The number of nitrogens with zero attached hydrogens (tertiary/aromatic N) is 2. The molecule has 2 aromatic heterocycles. The molecule has 0 spiro atoms. The highest BCUT2D eigenvalue weighted by Crippen LogP contribution is 2.36. The Labute approximate surface area is 289 Å². The lowest BCUT2D eigenvalue weighted by atomic mass is 10.1. The van der Waals surface area contributed by atoms with Crippen LogP contribution in [-0.2, 0) is 24.3 Å². The van der Waals surface area contributed by atoms with Crippen LogP contribution in [0.1, 0.15) is 45.9 Å². The second-order valence-electron chi connectivity index (χ2n) is 10.8. The minimum absolute atomic E-state index is 0.955. The Balaban J connectivity index is 1.09. The van der Waals surface area contributed by atoms with E-state index in [0.29, 0.717) is 0 Å². The topological polar surface area (TPSA) is 24.7 Å². The SMILES string of the molecule is CCc1cc(C=Nc2ccc(-c3ccc(N=Cc4cc(CC)sc4SCc4ccccc4)cc3)cc2)c(SCc2ccccc2)s1. The number of aliphatic imine (C=N–C) groups is 2. The Kier molecular flexibility index (Phi) is 11.4. The second-order valence-corrected chi connectivity index (χ2v) is 15.5. The summed E-state index contributed by atoms with van der Waals surface area (Å²) in [4.78, 5) is 12.5. The first kappa shape index (κ1) is 32.3. The van der Waals surface area contributed by atoms with Gasteiger partial charge in [0.25, 0.3) is 0 Å². The van der Waals surface area contributed by atoms with Crippen LogP contribution < -0.4 is 0 Å². The molecule has 0 unspecified atom stereocenters. The fourth-order valence-corrected chi connectivity index (χ4v) is 9.45. The molecule has 0 radical (unpaired) electrons. The molecule has 0 atom stereocenters. The summed E-state index contributed by atoms with van der Waals surface area (Å²) in [6.07, 6.45) is 6.12. The monoisotopic (exact) mass is 672 g/mol. The van der Waals surface area contributed by atoms with Gasteiger partial charge in [-0.05, 0) is 71.5 Å². The van der Waals surface area contributed by atoms with E-state index >= 15 is 0 Å². The van der Waals surface area contributed by atoms with Crippen LogP contribution in [0.25, 0.3) is 11.1 Å². The number of thioether (sulfide) groups is 2. The zero-order chi connectivity index (χ0) is 31.6. The van der Waals surface area contributed by atoms with Gasteiger partial charge in [-0.1, -0.05) is 98.8 Å². The van der Waals surface area contributed by atoms with Crippen LogP contribution >= 0.6 is 46.2 Å². The third-order valence-electron chi connectivity index (χ3n) is 7.45. The zero-order valence-corrected chi connectivity index (χ0v) is 29.3. The molecule has 0 aliphatic heterocycles. The Bertz CT molecular complexity index is 1740. The molecule has 0 aliphatic rings. The Morgan fingerprint density at radius 1 is 0.522 bits per heavy atom. The summed E-state index contributed by atoms with van der Waals surface area (Å²) in [5.74, 6) is 1.93. The van der Waals surface area contributed by atoms with Crippen LogP contribution in [0.4, 0.5) is 11.4 Å². The van der Waals surface area contributed by atoms with Crippen molar-refractivity contribution in [2.45, 2.75) is 46.6 Å². The van der Waals surface area contributed by atoms with E-state index in [0.717, 1.165) is 35.7 Å². The van der Waals surface area contributed by atoms with Gasteiger partial charge in [0.15, 0.2) is 0 Å². The maximum Gasteiger partial charge on any atom is 0.0692 e. The van der Waals surface area contributed by atoms with E-state index in [1.165, 1.54) is 51.6 Å². The molecule has 0 N–H and O–H groups in total. The van der Waals surface area contributed by atoms with Crippen molar-refractivity contribution in [1.29, 1.82) is 0 Å². The van der Waals surface area contributed by atoms with Crippen LogP contribution in [0.3, 0.4) is 0 Å². The highest BCUT2D eigenvalue weighted by Gasteiger charge is 2.10. The molecule has 0 aliphatic carbocycles. The summed E-state index contributed by atoms with van der Waals surface area (Å²) in [6, 6.07) is 42.8. The minimum Gasteiger partial charge on any atom is -0.256 e. The third kappa shape index (κ3) is 8.77. The highest BCUT2D eigenvalue weighted by atomic mass is 32.2. The predicted molar refractivity (Wildman–Crippen MR) is 206 cm³/mol. The molecule has 4 aromatic carbocycles. The predicted octanol–water partition coefficient (Wildman–Crippen LogP) is 12.7. The fourth-order valence-electron chi connectivity index (χ4n) is 4.85. The van der Waals surface area contributed by atoms with Gasteiger partial charge in [-0.3, -0.25) is 9.98 Å². The van der Waals surface area contributed by atoms with Gasteiger partial charge < -0.3 is 0 Å². The maximum absolute atomic E-state index is 4.84. The summed E-state index contributed by atoms with van der Waals surface area (Å²) in [5.41, 5.74) is 9.34. The highest BCUT2D eigenvalue weighted by molar-refractivity contribution is 8.00. The average molecular weight is 673 g/mol. The van der Waals surface area contributed by atoms with E-state index in [4.69, 9.17) is 9.98 Å². The van der Waals surface area contributed by atoms with Crippen molar-refractivity contribution in [2.75, 3.05) is 0 Å². The summed E-state index contributed by atoms with van der Waals surface area (Å²) >= 11 is 7.55. The van der Waals surface area contributed by atoms with E-state index < -0.39 is 0 Å². The van der Waals surface area contributed by atoms with Gasteiger partial charge in [0.05, 0.1) is 19.8 Å². The van der Waals surface area contributed by atoms with Gasteiger partial charge in [-0.15, -0.1) is 46.2 Å². The molecule has 0 saturated heterocycles. The first-order chi connectivity index (χ1) is 22.7. The summed E-state index contributed by atoms with van der Waals surface area (Å²) < 4.78 is 2.66. The fraction of sp³-hybridized carbons (Fsp3) is 0.150. The largest absolute Gasteiger partial charge is 0.256 e. The van der Waals surface area contributed by atoms with Gasteiger partial charge in [0, 0.05) is 44.8 Å². The first-order valence-electron chi connectivity index (χ1n) is 15.5. The molecule has 230 valence electrons. The third-order valence-corrected chi connectivity index (χ3v) is 12.8. The number of hydrogen-bond donors (Lipinski definition) is 0. The van der Waals surface area contributed by atoms with Crippen molar-refractivity contribution in [3.05, 3.63) is 153 Å². The lowest BCUT2D eigenvalue weighted by Crippen LogP contribution is -1.83. The molecule has 6 rings (SSSR count). The molecule has 0 fully saturated rings. The number of thiophene rings is 2. The van der Waals surface area contributed by atoms with Crippen molar-refractivity contribution >= 4 is 70.0 Å². The molecule has 46 heavy (non-hydrogen) atoms. The molecule has 0 saturated carbocycles. The van der Waals surface area contributed by atoms with Gasteiger partial charge >= 0.3 is 0 Å². The van der Waals surface area contributed by atoms with Gasteiger partial charge in [-0.2, -0.15) is 0 Å². The van der Waals surface area contributed by atoms with Crippen LogP contribution in [0.15, 0.2) is 140 Å². The van der Waals surface area contributed by atoms with Crippen molar-refractivity contribution in [3.63, 3.8) is 0 Å². The number of aryl methyl sites for hydroxylation is 2. The maximum atomic E-state index is 4.84. The molecule has 0 amide bonds. The van der Waals surface area contributed by atoms with Crippen LogP contribution in [0.2, 0.25) is 0 Å². The lowest BCUT2D eigenvalue weighted by molar-refractivity contribution is 1.19. The molecule has 2 heterocycles. The molecule has 0 bridgehead atoms. The van der Waals surface area contributed by atoms with E-state index in [1.54, 1.807) is 0 Å². The van der Waals surface area contributed by atoms with E-state index in [9.17, 15) is 0 Å². The summed E-state index contributed by atoms with van der Waals surface area (Å²) in [7, 11) is 0. The smallest absolute Gasteiger partial charge is 0.0692 e. The van der Waals surface area contributed by atoms with Crippen LogP contribution in [0.5, 0.6) is 0 Å². The number of rotatable bonds is 13. The van der Waals surface area contributed by atoms with E-state index in [1.807, 2.05) is 58.6 Å². The normalized spacial score (nSPS) is 11.6. The van der Waals surface area contributed by atoms with Gasteiger partial charge in [-0.25, -0.2) is 0 Å². The standard InChI is InChI=1S/C40H36N2S4/c1-3-37-23-33(39(45-37)43-27-29-11-7-5-8-12-29)25-41-35-19-15-31(16-20-35)32-17-21-36(22-18-32)42-26-34-24-38(4-2)46-40(34)44-28-30-13-9-6-10-14-30/h5-26H,3-4,27-28H2,1-2H3. The number of hydrogen-bond acceptors (Lipinski definition) is 6.